The number of carbonyl (C=O) groups excluding carboxylic acids is 1. The van der Waals surface area contributed by atoms with Crippen LogP contribution in [0.3, 0.4) is 0 Å². The number of carbonyl (C=O) groups is 1. The van der Waals surface area contributed by atoms with E-state index in [2.05, 4.69) is 20.6 Å². The second-order valence-electron chi connectivity index (χ2n) is 9.93. The molecule has 3 aromatic rings. The number of amides is 1. The summed E-state index contributed by atoms with van der Waals surface area (Å²) in [5.74, 6) is -0.0454. The van der Waals surface area contributed by atoms with Gasteiger partial charge in [-0.15, -0.1) is 5.10 Å². The van der Waals surface area contributed by atoms with Crippen LogP contribution in [0.5, 0.6) is 0 Å². The van der Waals surface area contributed by atoms with Crippen molar-refractivity contribution in [2.45, 2.75) is 71.3 Å². The topological polar surface area (TPSA) is 87.2 Å². The average Bonchev–Trinajstić information content (AvgIpc) is 3.33. The molecule has 0 spiro atoms. The first-order chi connectivity index (χ1) is 19.2. The average molecular weight is 589 g/mol. The zero-order valence-electron chi connectivity index (χ0n) is 22.3. The van der Waals surface area contributed by atoms with Gasteiger partial charge in [-0.1, -0.05) is 17.2 Å². The van der Waals surface area contributed by atoms with Gasteiger partial charge in [-0.2, -0.15) is 31.6 Å². The third-order valence-corrected chi connectivity index (χ3v) is 6.67. The number of rotatable bonds is 6. The smallest absolute Gasteiger partial charge is 0.416 e. The van der Waals surface area contributed by atoms with Crippen LogP contribution in [0.2, 0.25) is 0 Å². The van der Waals surface area contributed by atoms with Gasteiger partial charge in [-0.25, -0.2) is 9.18 Å². The van der Waals surface area contributed by atoms with Crippen LogP contribution in [0, 0.1) is 6.92 Å². The Hall–Kier alpha value is -3.91. The van der Waals surface area contributed by atoms with Crippen molar-refractivity contribution >= 4 is 17.7 Å². The minimum absolute atomic E-state index is 0.0186. The number of tetrazole rings is 1. The van der Waals surface area contributed by atoms with Crippen LogP contribution in [0.4, 0.5) is 47.2 Å². The molecule has 1 N–H and O–H groups in total. The highest BCUT2D eigenvalue weighted by Crippen LogP contribution is 2.45. The van der Waals surface area contributed by atoms with Crippen LogP contribution in [0.15, 0.2) is 30.3 Å². The lowest BCUT2D eigenvalue weighted by atomic mass is 9.94. The number of ether oxygens (including phenoxy) is 1. The van der Waals surface area contributed by atoms with Gasteiger partial charge in [0.2, 0.25) is 0 Å². The number of H-pyrrole nitrogens is 1. The van der Waals surface area contributed by atoms with E-state index in [-0.39, 0.29) is 53.4 Å². The van der Waals surface area contributed by atoms with E-state index in [1.165, 1.54) is 24.0 Å². The maximum Gasteiger partial charge on any atom is 0.416 e. The number of benzene rings is 2. The predicted molar refractivity (Wildman–Crippen MR) is 134 cm³/mol. The molecular weight excluding hydrogens is 561 g/mol. The molecule has 1 amide bonds. The Kier molecular flexibility index (Phi) is 8.45. The molecule has 41 heavy (non-hydrogen) atoms. The number of fused-ring (bicyclic) bond motifs is 1. The van der Waals surface area contributed by atoms with Crippen molar-refractivity contribution in [2.24, 2.45) is 0 Å². The fourth-order valence-corrected chi connectivity index (χ4v) is 5.03. The van der Waals surface area contributed by atoms with Crippen LogP contribution in [0.25, 0.3) is 0 Å². The minimum Gasteiger partial charge on any atom is -0.446 e. The Bertz CT molecular complexity index is 1380. The zero-order valence-corrected chi connectivity index (χ0v) is 22.3. The summed E-state index contributed by atoms with van der Waals surface area (Å²) in [5, 5.41) is 13.8. The predicted octanol–water partition coefficient (Wildman–Crippen LogP) is 6.91. The maximum atomic E-state index is 13.9. The van der Waals surface area contributed by atoms with Crippen LogP contribution in [0.1, 0.15) is 66.1 Å². The molecule has 0 radical (unpaired) electrons. The van der Waals surface area contributed by atoms with E-state index in [1.807, 2.05) is 0 Å². The van der Waals surface area contributed by atoms with Crippen LogP contribution >= 0.6 is 0 Å². The van der Waals surface area contributed by atoms with Crippen molar-refractivity contribution in [1.82, 2.24) is 20.6 Å². The monoisotopic (exact) mass is 588 g/mol. The molecule has 0 aliphatic carbocycles. The summed E-state index contributed by atoms with van der Waals surface area (Å²) in [6, 6.07) is 4.19. The first-order valence-electron chi connectivity index (χ1n) is 12.7. The molecule has 1 aliphatic rings. The van der Waals surface area contributed by atoms with Gasteiger partial charge in [-0.3, -0.25) is 4.90 Å². The second kappa shape index (κ2) is 11.5. The standard InChI is InChI=1S/C26H27F7N6O2/c1-14(2)41-24(40)38-8-4-5-21(19-6-7-20(26(31,32)33)15(3)22(19)38)39(23-34-36-37-35-23)13-17-9-16(12-27)10-18(11-17)25(28,29)30/h6-7,9-11,14,21H,4-5,8,12-13H2,1-3H3,(H,34,35,36,37). The molecule has 0 bridgehead atoms. The number of anilines is 2. The molecule has 2 aromatic carbocycles. The van der Waals surface area contributed by atoms with Gasteiger partial charge in [-0.05, 0) is 79.3 Å². The van der Waals surface area contributed by atoms with Crippen LogP contribution < -0.4 is 9.80 Å². The quantitative estimate of drug-likeness (QED) is 0.315. The summed E-state index contributed by atoms with van der Waals surface area (Å²) in [7, 11) is 0. The third-order valence-electron chi connectivity index (χ3n) is 6.67. The van der Waals surface area contributed by atoms with Crippen LogP contribution in [-0.2, 0) is 30.3 Å². The molecule has 8 nitrogen and oxygen atoms in total. The minimum atomic E-state index is -4.74. The van der Waals surface area contributed by atoms with Crippen molar-refractivity contribution in [3.05, 3.63) is 63.7 Å². The second-order valence-corrected chi connectivity index (χ2v) is 9.93. The molecule has 1 aliphatic heterocycles. The molecule has 15 heteroatoms. The fourth-order valence-electron chi connectivity index (χ4n) is 5.03. The summed E-state index contributed by atoms with van der Waals surface area (Å²) in [6.07, 6.45) is -10.3. The Morgan fingerprint density at radius 3 is 2.41 bits per heavy atom. The summed E-state index contributed by atoms with van der Waals surface area (Å²) in [6.45, 7) is 3.08. The Balaban J connectivity index is 1.88. The molecule has 1 atom stereocenters. The van der Waals surface area contributed by atoms with Gasteiger partial charge < -0.3 is 9.64 Å². The molecule has 2 heterocycles. The third kappa shape index (κ3) is 6.54. The lowest BCUT2D eigenvalue weighted by Crippen LogP contribution is -2.35. The lowest BCUT2D eigenvalue weighted by Gasteiger charge is -2.33. The normalized spacial score (nSPS) is 16.0. The van der Waals surface area contributed by atoms with Crippen molar-refractivity contribution < 1.29 is 40.3 Å². The highest BCUT2D eigenvalue weighted by molar-refractivity contribution is 5.91. The number of hydrogen-bond acceptors (Lipinski definition) is 6. The van der Waals surface area contributed by atoms with Crippen LogP contribution in [-0.4, -0.2) is 39.4 Å². The summed E-state index contributed by atoms with van der Waals surface area (Å²) >= 11 is 0. The number of nitrogens with one attached hydrogen (secondary N) is 1. The molecule has 222 valence electrons. The van der Waals surface area contributed by atoms with E-state index < -0.39 is 48.4 Å². The van der Waals surface area contributed by atoms with Gasteiger partial charge in [0.15, 0.2) is 0 Å². The Morgan fingerprint density at radius 1 is 1.12 bits per heavy atom. The molecule has 0 saturated heterocycles. The lowest BCUT2D eigenvalue weighted by molar-refractivity contribution is -0.138. The molecule has 1 aromatic heterocycles. The number of halogens is 7. The number of hydrogen-bond donors (Lipinski definition) is 1. The number of nitrogens with zero attached hydrogens (tertiary/aromatic N) is 5. The van der Waals surface area contributed by atoms with Gasteiger partial charge in [0.1, 0.15) is 6.67 Å². The summed E-state index contributed by atoms with van der Waals surface area (Å²) in [5.41, 5.74) is -2.07. The van der Waals surface area contributed by atoms with Gasteiger partial charge in [0.05, 0.1) is 29.0 Å². The van der Waals surface area contributed by atoms with E-state index in [9.17, 15) is 35.5 Å². The molecule has 4 rings (SSSR count). The largest absolute Gasteiger partial charge is 0.446 e. The van der Waals surface area contributed by atoms with E-state index in [4.69, 9.17) is 4.74 Å². The van der Waals surface area contributed by atoms with Crippen molar-refractivity contribution in [3.63, 3.8) is 0 Å². The maximum absolute atomic E-state index is 13.9. The summed E-state index contributed by atoms with van der Waals surface area (Å²) in [4.78, 5) is 15.7. The van der Waals surface area contributed by atoms with E-state index >= 15 is 0 Å². The van der Waals surface area contributed by atoms with E-state index in [0.717, 1.165) is 17.0 Å². The van der Waals surface area contributed by atoms with E-state index in [1.54, 1.807) is 13.8 Å². The molecular formula is C26H27F7N6O2. The Labute approximate surface area is 230 Å². The SMILES string of the molecule is Cc1c(C(F)(F)F)ccc2c1N(C(=O)OC(C)C)CCCC2N(Cc1cc(CF)cc(C(F)(F)F)c1)c1nn[nH]n1. The van der Waals surface area contributed by atoms with Gasteiger partial charge >= 0.3 is 18.4 Å². The number of aromatic amines is 1. The van der Waals surface area contributed by atoms with Crippen molar-refractivity contribution in [3.8, 4) is 0 Å². The first kappa shape index (κ1) is 30.1. The first-order valence-corrected chi connectivity index (χ1v) is 12.7. The van der Waals surface area contributed by atoms with Gasteiger partial charge in [0.25, 0.3) is 5.95 Å². The van der Waals surface area contributed by atoms with Crippen molar-refractivity contribution in [1.29, 1.82) is 0 Å². The fraction of sp³-hybridized carbons (Fsp3) is 0.462. The molecule has 0 saturated carbocycles. The van der Waals surface area contributed by atoms with E-state index in [0.29, 0.717) is 12.5 Å². The number of aromatic nitrogens is 4. The Morgan fingerprint density at radius 2 is 1.83 bits per heavy atom. The van der Waals surface area contributed by atoms with Crippen molar-refractivity contribution in [2.75, 3.05) is 16.3 Å². The zero-order chi connectivity index (χ0) is 30.1. The molecule has 0 fully saturated rings. The summed E-state index contributed by atoms with van der Waals surface area (Å²) < 4.78 is 101. The molecule has 1 unspecified atom stereocenters. The highest BCUT2D eigenvalue weighted by atomic mass is 19.4. The van der Waals surface area contributed by atoms with Gasteiger partial charge in [0, 0.05) is 13.1 Å². The highest BCUT2D eigenvalue weighted by Gasteiger charge is 2.39. The number of alkyl halides is 7.